The molecule has 1 fully saturated rings. The Morgan fingerprint density at radius 3 is 2.34 bits per heavy atom. The summed E-state index contributed by atoms with van der Waals surface area (Å²) in [6.07, 6.45) is 0. The Hall–Kier alpha value is -3.40. The molecule has 1 saturated heterocycles. The highest BCUT2D eigenvalue weighted by atomic mass is 32.2. The molecule has 184 valence electrons. The third kappa shape index (κ3) is 6.60. The van der Waals surface area contributed by atoms with Crippen LogP contribution in [0.4, 0.5) is 5.69 Å². The third-order valence-corrected chi connectivity index (χ3v) is 6.70. The minimum atomic E-state index is 0.365. The molecule has 0 unspecified atom stereocenters. The SMILES string of the molecule is COc1cc(CN2CCN(c3ccc(/C(N)=N/NN)cc3)CC2)ccc1OSc1ccc(C)cc1. The van der Waals surface area contributed by atoms with Crippen molar-refractivity contribution >= 4 is 23.6 Å². The van der Waals surface area contributed by atoms with Gasteiger partial charge in [0.15, 0.2) is 17.3 Å². The minimum Gasteiger partial charge on any atom is -0.493 e. The second kappa shape index (κ2) is 11.8. The fourth-order valence-corrected chi connectivity index (χ4v) is 4.54. The summed E-state index contributed by atoms with van der Waals surface area (Å²) in [6.45, 7) is 6.81. The summed E-state index contributed by atoms with van der Waals surface area (Å²) in [5.74, 6) is 7.03. The maximum absolute atomic E-state index is 5.95. The molecule has 1 aliphatic rings. The van der Waals surface area contributed by atoms with E-state index in [0.717, 1.165) is 54.7 Å². The van der Waals surface area contributed by atoms with E-state index < -0.39 is 0 Å². The highest BCUT2D eigenvalue weighted by Crippen LogP contribution is 2.33. The molecule has 0 radical (unpaired) electrons. The summed E-state index contributed by atoms with van der Waals surface area (Å²) >= 11 is 1.34. The molecule has 1 heterocycles. The highest BCUT2D eigenvalue weighted by molar-refractivity contribution is 7.95. The smallest absolute Gasteiger partial charge is 0.179 e. The maximum Gasteiger partial charge on any atom is 0.179 e. The van der Waals surface area contributed by atoms with Gasteiger partial charge in [-0.2, -0.15) is 0 Å². The van der Waals surface area contributed by atoms with Crippen LogP contribution in [-0.2, 0) is 6.54 Å². The molecule has 0 aromatic heterocycles. The van der Waals surface area contributed by atoms with Gasteiger partial charge in [-0.15, -0.1) is 5.10 Å². The molecule has 0 bridgehead atoms. The second-order valence-corrected chi connectivity index (χ2v) is 9.21. The first-order valence-corrected chi connectivity index (χ1v) is 12.2. The third-order valence-electron chi connectivity index (χ3n) is 5.97. The van der Waals surface area contributed by atoms with Crippen LogP contribution in [0.2, 0.25) is 0 Å². The van der Waals surface area contributed by atoms with Crippen molar-refractivity contribution in [3.63, 3.8) is 0 Å². The van der Waals surface area contributed by atoms with Crippen molar-refractivity contribution in [3.05, 3.63) is 83.4 Å². The molecular formula is C26H32N6O2S. The summed E-state index contributed by atoms with van der Waals surface area (Å²) in [5, 5.41) is 3.82. The van der Waals surface area contributed by atoms with Gasteiger partial charge in [-0.1, -0.05) is 23.8 Å². The summed E-state index contributed by atoms with van der Waals surface area (Å²) < 4.78 is 11.6. The lowest BCUT2D eigenvalue weighted by Gasteiger charge is -2.36. The van der Waals surface area contributed by atoms with Crippen LogP contribution in [0.5, 0.6) is 11.5 Å². The summed E-state index contributed by atoms with van der Waals surface area (Å²) in [5.41, 5.74) is 12.5. The van der Waals surface area contributed by atoms with E-state index in [4.69, 9.17) is 20.5 Å². The zero-order valence-electron chi connectivity index (χ0n) is 20.1. The standard InChI is InChI=1S/C26H32N6O2S/c1-19-3-10-23(11-4-19)35-34-24-12-5-20(17-25(24)33-2)18-31-13-15-32(16-14-31)22-8-6-21(7-9-22)26(27)29-30-28/h3-12,17,30H,13-16,18,28H2,1-2H3,(H2,27,29). The normalized spacial score (nSPS) is 14.6. The predicted octanol–water partition coefficient (Wildman–Crippen LogP) is 3.50. The Kier molecular flexibility index (Phi) is 8.36. The maximum atomic E-state index is 5.95. The van der Waals surface area contributed by atoms with Crippen LogP contribution < -0.4 is 30.9 Å². The molecule has 0 amide bonds. The minimum absolute atomic E-state index is 0.365. The number of hydrogen-bond donors (Lipinski definition) is 3. The summed E-state index contributed by atoms with van der Waals surface area (Å²) in [7, 11) is 1.68. The van der Waals surface area contributed by atoms with E-state index in [9.17, 15) is 0 Å². The van der Waals surface area contributed by atoms with Crippen molar-refractivity contribution in [2.45, 2.75) is 18.4 Å². The van der Waals surface area contributed by atoms with Gasteiger partial charge in [0.25, 0.3) is 0 Å². The lowest BCUT2D eigenvalue weighted by atomic mass is 10.1. The largest absolute Gasteiger partial charge is 0.493 e. The number of nitrogens with one attached hydrogen (secondary N) is 1. The lowest BCUT2D eigenvalue weighted by Crippen LogP contribution is -2.46. The Bertz CT molecular complexity index is 1130. The quantitative estimate of drug-likeness (QED) is 0.137. The number of benzene rings is 3. The van der Waals surface area contributed by atoms with E-state index >= 15 is 0 Å². The molecule has 4 rings (SSSR count). The molecule has 0 spiro atoms. The van der Waals surface area contributed by atoms with E-state index in [1.807, 2.05) is 18.2 Å². The van der Waals surface area contributed by atoms with Gasteiger partial charge < -0.3 is 19.6 Å². The molecule has 9 heteroatoms. The van der Waals surface area contributed by atoms with Crippen LogP contribution in [0, 0.1) is 6.92 Å². The number of piperazine rings is 1. The fraction of sp³-hybridized carbons (Fsp3) is 0.269. The number of methoxy groups -OCH3 is 1. The first kappa shape index (κ1) is 24.7. The molecule has 8 nitrogen and oxygen atoms in total. The van der Waals surface area contributed by atoms with E-state index in [2.05, 4.69) is 75.9 Å². The lowest BCUT2D eigenvalue weighted by molar-refractivity contribution is 0.249. The van der Waals surface area contributed by atoms with Crippen molar-refractivity contribution < 1.29 is 8.92 Å². The van der Waals surface area contributed by atoms with Crippen LogP contribution in [0.3, 0.4) is 0 Å². The van der Waals surface area contributed by atoms with Crippen molar-refractivity contribution in [1.82, 2.24) is 10.4 Å². The average molecular weight is 493 g/mol. The van der Waals surface area contributed by atoms with Gasteiger partial charge in [-0.25, -0.2) is 11.4 Å². The van der Waals surface area contributed by atoms with Crippen LogP contribution in [0.25, 0.3) is 0 Å². The van der Waals surface area contributed by atoms with Gasteiger partial charge in [-0.3, -0.25) is 4.90 Å². The van der Waals surface area contributed by atoms with Crippen molar-refractivity contribution in [3.8, 4) is 11.5 Å². The zero-order chi connectivity index (χ0) is 24.6. The van der Waals surface area contributed by atoms with Gasteiger partial charge in [-0.05, 0) is 61.0 Å². The number of ether oxygens (including phenoxy) is 1. The number of nitrogens with zero attached hydrogens (tertiary/aromatic N) is 3. The van der Waals surface area contributed by atoms with E-state index in [-0.39, 0.29) is 0 Å². The Morgan fingerprint density at radius 2 is 1.69 bits per heavy atom. The Morgan fingerprint density at radius 1 is 0.971 bits per heavy atom. The molecular weight excluding hydrogens is 460 g/mol. The second-order valence-electron chi connectivity index (χ2n) is 8.40. The van der Waals surface area contributed by atoms with Gasteiger partial charge in [0.05, 0.1) is 19.2 Å². The molecule has 5 N–H and O–H groups in total. The number of hydrazine groups is 1. The first-order chi connectivity index (χ1) is 17.1. The van der Waals surface area contributed by atoms with Crippen molar-refractivity contribution in [2.75, 3.05) is 38.2 Å². The van der Waals surface area contributed by atoms with Crippen LogP contribution in [0.15, 0.2) is 76.7 Å². The van der Waals surface area contributed by atoms with E-state index in [1.54, 1.807) is 7.11 Å². The van der Waals surface area contributed by atoms with Gasteiger partial charge >= 0.3 is 0 Å². The number of hydrazone groups is 1. The molecule has 1 aliphatic heterocycles. The van der Waals surface area contributed by atoms with Crippen LogP contribution in [-0.4, -0.2) is 44.0 Å². The van der Waals surface area contributed by atoms with Crippen LogP contribution >= 0.6 is 12.0 Å². The monoisotopic (exact) mass is 492 g/mol. The van der Waals surface area contributed by atoms with E-state index in [1.165, 1.54) is 28.9 Å². The Balaban J connectivity index is 1.30. The van der Waals surface area contributed by atoms with Crippen LogP contribution in [0.1, 0.15) is 16.7 Å². The number of nitrogens with two attached hydrogens (primary N) is 2. The topological polar surface area (TPSA) is 101 Å². The van der Waals surface area contributed by atoms with Gasteiger partial charge in [0, 0.05) is 48.9 Å². The number of rotatable bonds is 9. The Labute approximate surface area is 211 Å². The number of aryl methyl sites for hydroxylation is 1. The molecule has 3 aromatic carbocycles. The van der Waals surface area contributed by atoms with E-state index in [0.29, 0.717) is 5.84 Å². The zero-order valence-corrected chi connectivity index (χ0v) is 20.9. The number of amidine groups is 1. The van der Waals surface area contributed by atoms with Crippen molar-refractivity contribution in [1.29, 1.82) is 0 Å². The summed E-state index contributed by atoms with van der Waals surface area (Å²) in [4.78, 5) is 5.89. The van der Waals surface area contributed by atoms with Gasteiger partial charge in [0.2, 0.25) is 0 Å². The molecule has 0 saturated carbocycles. The van der Waals surface area contributed by atoms with Crippen molar-refractivity contribution in [2.24, 2.45) is 16.7 Å². The average Bonchev–Trinajstić information content (AvgIpc) is 2.89. The predicted molar refractivity (Wildman–Crippen MR) is 143 cm³/mol. The fourth-order valence-electron chi connectivity index (χ4n) is 3.97. The molecule has 3 aromatic rings. The molecule has 35 heavy (non-hydrogen) atoms. The number of anilines is 1. The molecule has 0 aliphatic carbocycles. The first-order valence-electron chi connectivity index (χ1n) is 11.5. The molecule has 0 atom stereocenters. The summed E-state index contributed by atoms with van der Waals surface area (Å²) in [6, 6.07) is 22.5. The highest BCUT2D eigenvalue weighted by Gasteiger charge is 2.18. The number of hydrogen-bond acceptors (Lipinski definition) is 8. The van der Waals surface area contributed by atoms with Gasteiger partial charge in [0.1, 0.15) is 0 Å².